The minimum Gasteiger partial charge on any atom is -0.324 e. The third-order valence-electron chi connectivity index (χ3n) is 5.41. The zero-order valence-corrected chi connectivity index (χ0v) is 17.6. The number of benzene rings is 3. The standard InChI is InChI=1S/C25H22ClFN2O2/c26-19-11-14-22-21(15-19)25(18-9-12-20(27)13-10-18)29(16-23(30)28-22)24(31)8-4-7-17-5-2-1-3-6-17/h1-3,5-6,9-15,25H,4,7-8,16H2,(H,28,30)/t25-/m0/s1. The van der Waals surface area contributed by atoms with Crippen LogP contribution < -0.4 is 5.32 Å². The van der Waals surface area contributed by atoms with Crippen molar-refractivity contribution < 1.29 is 14.0 Å². The molecule has 0 fully saturated rings. The lowest BCUT2D eigenvalue weighted by Gasteiger charge is -2.31. The number of nitrogens with zero attached hydrogens (tertiary/aromatic N) is 1. The van der Waals surface area contributed by atoms with Crippen molar-refractivity contribution >= 4 is 29.1 Å². The number of carbonyl (C=O) groups is 2. The molecule has 1 atom stereocenters. The van der Waals surface area contributed by atoms with Crippen molar-refractivity contribution in [2.75, 3.05) is 11.9 Å². The van der Waals surface area contributed by atoms with E-state index in [1.807, 2.05) is 30.3 Å². The Bertz CT molecular complexity index is 1090. The van der Waals surface area contributed by atoms with E-state index in [0.717, 1.165) is 17.5 Å². The largest absolute Gasteiger partial charge is 0.324 e. The summed E-state index contributed by atoms with van der Waals surface area (Å²) < 4.78 is 13.6. The van der Waals surface area contributed by atoms with Gasteiger partial charge in [0.05, 0.1) is 6.04 Å². The summed E-state index contributed by atoms with van der Waals surface area (Å²) in [6.45, 7) is -0.0848. The van der Waals surface area contributed by atoms with Gasteiger partial charge in [0.1, 0.15) is 12.4 Å². The first-order valence-corrected chi connectivity index (χ1v) is 10.6. The lowest BCUT2D eigenvalue weighted by atomic mass is 9.95. The predicted octanol–water partition coefficient (Wildman–Crippen LogP) is 5.37. The van der Waals surface area contributed by atoms with Crippen LogP contribution in [0.4, 0.5) is 10.1 Å². The number of amides is 2. The molecule has 4 rings (SSSR count). The van der Waals surface area contributed by atoms with Gasteiger partial charge in [-0.2, -0.15) is 0 Å². The smallest absolute Gasteiger partial charge is 0.244 e. The van der Waals surface area contributed by atoms with Crippen LogP contribution in [0.15, 0.2) is 72.8 Å². The molecule has 1 N–H and O–H groups in total. The van der Waals surface area contributed by atoms with Gasteiger partial charge in [-0.1, -0.05) is 54.1 Å². The molecule has 0 saturated heterocycles. The average Bonchev–Trinajstić information content (AvgIpc) is 2.91. The molecule has 4 nitrogen and oxygen atoms in total. The van der Waals surface area contributed by atoms with Gasteiger partial charge < -0.3 is 10.2 Å². The van der Waals surface area contributed by atoms with E-state index in [0.29, 0.717) is 29.1 Å². The quantitative estimate of drug-likeness (QED) is 0.584. The van der Waals surface area contributed by atoms with Crippen molar-refractivity contribution in [2.45, 2.75) is 25.3 Å². The van der Waals surface area contributed by atoms with Crippen molar-refractivity contribution in [3.8, 4) is 0 Å². The van der Waals surface area contributed by atoms with Gasteiger partial charge in [0, 0.05) is 22.7 Å². The highest BCUT2D eigenvalue weighted by Crippen LogP contribution is 2.37. The zero-order valence-electron chi connectivity index (χ0n) is 16.9. The summed E-state index contributed by atoms with van der Waals surface area (Å²) in [6, 6.07) is 20.6. The molecule has 1 aliphatic rings. The highest BCUT2D eigenvalue weighted by molar-refractivity contribution is 6.30. The highest BCUT2D eigenvalue weighted by Gasteiger charge is 2.33. The van der Waals surface area contributed by atoms with E-state index in [-0.39, 0.29) is 24.2 Å². The van der Waals surface area contributed by atoms with Gasteiger partial charge in [0.25, 0.3) is 0 Å². The van der Waals surface area contributed by atoms with Crippen LogP contribution in [0.5, 0.6) is 0 Å². The van der Waals surface area contributed by atoms with Crippen molar-refractivity contribution in [1.29, 1.82) is 0 Å². The molecule has 3 aromatic rings. The van der Waals surface area contributed by atoms with Crippen LogP contribution in [0.1, 0.15) is 35.6 Å². The van der Waals surface area contributed by atoms with Crippen LogP contribution in [-0.4, -0.2) is 23.3 Å². The Labute approximate surface area is 185 Å². The summed E-state index contributed by atoms with van der Waals surface area (Å²) in [5, 5.41) is 3.36. The normalized spacial score (nSPS) is 15.7. The molecule has 0 bridgehead atoms. The Balaban J connectivity index is 1.65. The Morgan fingerprint density at radius 3 is 2.55 bits per heavy atom. The fraction of sp³-hybridized carbons (Fsp3) is 0.200. The molecule has 0 aliphatic carbocycles. The SMILES string of the molecule is O=C1CN(C(=O)CCCc2ccccc2)[C@@H](c2ccc(F)cc2)c2cc(Cl)ccc2N1. The van der Waals surface area contributed by atoms with Gasteiger partial charge in [0.2, 0.25) is 11.8 Å². The first kappa shape index (κ1) is 21.1. The van der Waals surface area contributed by atoms with Crippen LogP contribution in [0, 0.1) is 5.82 Å². The number of nitrogens with one attached hydrogen (secondary N) is 1. The number of carbonyl (C=O) groups excluding carboxylic acids is 2. The molecule has 0 radical (unpaired) electrons. The number of hydrogen-bond acceptors (Lipinski definition) is 2. The van der Waals surface area contributed by atoms with Crippen molar-refractivity contribution in [3.63, 3.8) is 0 Å². The average molecular weight is 437 g/mol. The number of anilines is 1. The summed E-state index contributed by atoms with van der Waals surface area (Å²) in [6.07, 6.45) is 1.74. The summed E-state index contributed by atoms with van der Waals surface area (Å²) in [5.41, 5.74) is 3.19. The van der Waals surface area contributed by atoms with Crippen LogP contribution in [-0.2, 0) is 16.0 Å². The van der Waals surface area contributed by atoms with Gasteiger partial charge in [-0.15, -0.1) is 0 Å². The summed E-state index contributed by atoms with van der Waals surface area (Å²) in [5.74, 6) is -0.767. The number of fused-ring (bicyclic) bond motifs is 1. The maximum Gasteiger partial charge on any atom is 0.244 e. The summed E-state index contributed by atoms with van der Waals surface area (Å²) >= 11 is 6.25. The minimum absolute atomic E-state index is 0.0848. The monoisotopic (exact) mass is 436 g/mol. The molecular weight excluding hydrogens is 415 g/mol. The van der Waals surface area contributed by atoms with Gasteiger partial charge in [-0.05, 0) is 54.3 Å². The third kappa shape index (κ3) is 4.94. The van der Waals surface area contributed by atoms with E-state index in [1.165, 1.54) is 12.1 Å². The second-order valence-corrected chi connectivity index (χ2v) is 8.03. The van der Waals surface area contributed by atoms with E-state index in [2.05, 4.69) is 5.32 Å². The summed E-state index contributed by atoms with van der Waals surface area (Å²) in [7, 11) is 0. The van der Waals surface area contributed by atoms with Gasteiger partial charge in [0.15, 0.2) is 0 Å². The summed E-state index contributed by atoms with van der Waals surface area (Å²) in [4.78, 5) is 27.4. The Kier molecular flexibility index (Phi) is 6.33. The van der Waals surface area contributed by atoms with Crippen molar-refractivity contribution in [2.24, 2.45) is 0 Å². The van der Waals surface area contributed by atoms with Gasteiger partial charge >= 0.3 is 0 Å². The zero-order chi connectivity index (χ0) is 21.8. The number of rotatable bonds is 5. The minimum atomic E-state index is -0.544. The molecule has 1 heterocycles. The van der Waals surface area contributed by atoms with E-state index in [4.69, 9.17) is 11.6 Å². The van der Waals surface area contributed by atoms with E-state index in [9.17, 15) is 14.0 Å². The van der Waals surface area contributed by atoms with Crippen LogP contribution in [0.2, 0.25) is 5.02 Å². The molecule has 0 saturated carbocycles. The predicted molar refractivity (Wildman–Crippen MR) is 119 cm³/mol. The third-order valence-corrected chi connectivity index (χ3v) is 5.65. The number of hydrogen-bond donors (Lipinski definition) is 1. The second kappa shape index (κ2) is 9.31. The van der Waals surface area contributed by atoms with Crippen LogP contribution in [0.3, 0.4) is 0 Å². The highest BCUT2D eigenvalue weighted by atomic mass is 35.5. The number of aryl methyl sites for hydroxylation is 1. The first-order chi connectivity index (χ1) is 15.0. The molecule has 31 heavy (non-hydrogen) atoms. The van der Waals surface area contributed by atoms with Crippen molar-refractivity contribution in [1.82, 2.24) is 4.90 Å². The maximum atomic E-state index is 13.6. The Morgan fingerprint density at radius 2 is 1.81 bits per heavy atom. The Morgan fingerprint density at radius 1 is 1.06 bits per heavy atom. The molecule has 158 valence electrons. The molecule has 0 spiro atoms. The molecule has 0 unspecified atom stereocenters. The van der Waals surface area contributed by atoms with Crippen molar-refractivity contribution in [3.05, 3.63) is 100 Å². The van der Waals surface area contributed by atoms with E-state index >= 15 is 0 Å². The topological polar surface area (TPSA) is 49.4 Å². The Hall–Kier alpha value is -3.18. The number of halogens is 2. The van der Waals surface area contributed by atoms with Gasteiger partial charge in [-0.25, -0.2) is 4.39 Å². The molecule has 3 aromatic carbocycles. The van der Waals surface area contributed by atoms with E-state index < -0.39 is 6.04 Å². The maximum absolute atomic E-state index is 13.6. The molecule has 6 heteroatoms. The van der Waals surface area contributed by atoms with Crippen LogP contribution in [0.25, 0.3) is 0 Å². The molecular formula is C25H22ClFN2O2. The molecule has 2 amide bonds. The fourth-order valence-corrected chi connectivity index (χ4v) is 4.13. The molecule has 0 aromatic heterocycles. The lowest BCUT2D eigenvalue weighted by Crippen LogP contribution is -2.38. The van der Waals surface area contributed by atoms with E-state index in [1.54, 1.807) is 35.2 Å². The molecule has 1 aliphatic heterocycles. The van der Waals surface area contributed by atoms with Gasteiger partial charge in [-0.3, -0.25) is 9.59 Å². The first-order valence-electron chi connectivity index (χ1n) is 10.2. The van der Waals surface area contributed by atoms with Crippen LogP contribution >= 0.6 is 11.6 Å². The second-order valence-electron chi connectivity index (χ2n) is 7.59. The fourth-order valence-electron chi connectivity index (χ4n) is 3.95. The lowest BCUT2D eigenvalue weighted by molar-refractivity contribution is -0.136.